The number of Topliss-reactive ketones (excluding diaryl/α,β-unsaturated/α-hetero) is 1. The number of aromatic nitrogens is 4. The fourth-order valence-corrected chi connectivity index (χ4v) is 7.75. The number of ether oxygens (including phenoxy) is 1. The van der Waals surface area contributed by atoms with Crippen molar-refractivity contribution in [3.63, 3.8) is 0 Å². The number of nitrogens with zero attached hydrogens (tertiary/aromatic N) is 5. The lowest BCUT2D eigenvalue weighted by Gasteiger charge is -2.23. The molecule has 1 N–H and O–H groups in total. The Kier molecular flexibility index (Phi) is 9.65. The zero-order chi connectivity index (χ0) is 32.4. The normalized spacial score (nSPS) is 16.1. The molecule has 1 atom stereocenters. The molecule has 0 aliphatic carbocycles. The third kappa shape index (κ3) is 6.37. The van der Waals surface area contributed by atoms with Crippen LogP contribution in [0, 0.1) is 6.92 Å². The minimum atomic E-state index is -0.996. The minimum absolute atomic E-state index is 0.0702. The number of carbonyl (C=O) groups is 2. The highest BCUT2D eigenvalue weighted by Crippen LogP contribution is 2.45. The standard InChI is InChI=1S/C33H29Cl2N5O4S2/c1-3-4-7-15-44-23-10-8-9-20(16-23)28-26(29(41)27-19(2)36-25-11-5-6-14-39(25)27)30(42)31(43)40(28)32-37-38-33(46-32)45-18-21-12-13-22(34)17-24(21)35/h5-6,8-14,16-17,28,41H,3-4,7,15,18H2,1-2H3. The molecular formula is C33H29Cl2N5O4S2. The molecule has 0 saturated carbocycles. The van der Waals surface area contributed by atoms with Gasteiger partial charge in [-0.25, -0.2) is 4.98 Å². The monoisotopic (exact) mass is 693 g/mol. The van der Waals surface area contributed by atoms with E-state index in [0.717, 1.165) is 24.8 Å². The van der Waals surface area contributed by atoms with Crippen LogP contribution in [0.1, 0.15) is 54.7 Å². The number of fused-ring (bicyclic) bond motifs is 1. The molecule has 1 unspecified atom stereocenters. The fourth-order valence-electron chi connectivity index (χ4n) is 5.32. The predicted molar refractivity (Wildman–Crippen MR) is 182 cm³/mol. The first-order valence-corrected chi connectivity index (χ1v) is 17.2. The zero-order valence-electron chi connectivity index (χ0n) is 24.9. The summed E-state index contributed by atoms with van der Waals surface area (Å²) in [6, 6.07) is 17.0. The van der Waals surface area contributed by atoms with Gasteiger partial charge in [0, 0.05) is 22.0 Å². The van der Waals surface area contributed by atoms with Crippen LogP contribution < -0.4 is 9.64 Å². The molecule has 13 heteroatoms. The molecule has 0 radical (unpaired) electrons. The highest BCUT2D eigenvalue weighted by atomic mass is 35.5. The van der Waals surface area contributed by atoms with Crippen molar-refractivity contribution >= 4 is 74.5 Å². The Morgan fingerprint density at radius 2 is 1.91 bits per heavy atom. The van der Waals surface area contributed by atoms with Gasteiger partial charge < -0.3 is 9.84 Å². The van der Waals surface area contributed by atoms with Gasteiger partial charge in [0.2, 0.25) is 5.13 Å². The predicted octanol–water partition coefficient (Wildman–Crippen LogP) is 8.29. The molecule has 0 spiro atoms. The minimum Gasteiger partial charge on any atom is -0.505 e. The number of imidazole rings is 1. The summed E-state index contributed by atoms with van der Waals surface area (Å²) in [5.74, 6) is -0.885. The number of ketones is 1. The van der Waals surface area contributed by atoms with E-state index >= 15 is 0 Å². The molecule has 2 aromatic carbocycles. The number of hydrogen-bond donors (Lipinski definition) is 1. The number of hydrogen-bond acceptors (Lipinski definition) is 9. The number of halogens is 2. The van der Waals surface area contributed by atoms with Crippen LogP contribution in [-0.2, 0) is 15.3 Å². The van der Waals surface area contributed by atoms with Crippen molar-refractivity contribution in [3.8, 4) is 5.75 Å². The van der Waals surface area contributed by atoms with Gasteiger partial charge in [-0.05, 0) is 60.9 Å². The maximum absolute atomic E-state index is 13.8. The van der Waals surface area contributed by atoms with E-state index in [0.29, 0.717) is 55.1 Å². The number of amides is 1. The molecule has 1 amide bonds. The molecule has 1 saturated heterocycles. The molecule has 1 aliphatic heterocycles. The highest BCUT2D eigenvalue weighted by molar-refractivity contribution is 8.00. The number of benzene rings is 2. The van der Waals surface area contributed by atoms with Gasteiger partial charge in [0.1, 0.15) is 17.1 Å². The maximum atomic E-state index is 13.8. The van der Waals surface area contributed by atoms with Crippen molar-refractivity contribution in [2.45, 2.75) is 49.2 Å². The lowest BCUT2D eigenvalue weighted by atomic mass is 9.96. The van der Waals surface area contributed by atoms with Crippen molar-refractivity contribution < 1.29 is 19.4 Å². The Morgan fingerprint density at radius 3 is 2.72 bits per heavy atom. The lowest BCUT2D eigenvalue weighted by Crippen LogP contribution is -2.29. The van der Waals surface area contributed by atoms with E-state index in [2.05, 4.69) is 22.1 Å². The fraction of sp³-hybridized carbons (Fsp3) is 0.242. The van der Waals surface area contributed by atoms with Gasteiger partial charge in [0.25, 0.3) is 5.78 Å². The quantitative estimate of drug-likeness (QED) is 0.0368. The van der Waals surface area contributed by atoms with Crippen molar-refractivity contribution in [2.24, 2.45) is 0 Å². The summed E-state index contributed by atoms with van der Waals surface area (Å²) in [5, 5.41) is 21.8. The number of unbranched alkanes of at least 4 members (excludes halogenated alkanes) is 2. The average molecular weight is 695 g/mol. The number of pyridine rings is 1. The number of thioether (sulfide) groups is 1. The van der Waals surface area contributed by atoms with Crippen molar-refractivity contribution in [3.05, 3.63) is 105 Å². The molecule has 5 aromatic rings. The Balaban J connectivity index is 1.41. The first-order chi connectivity index (χ1) is 22.3. The smallest absolute Gasteiger partial charge is 0.301 e. The van der Waals surface area contributed by atoms with Crippen molar-refractivity contribution in [1.82, 2.24) is 19.6 Å². The van der Waals surface area contributed by atoms with Gasteiger partial charge in [0.15, 0.2) is 10.1 Å². The molecule has 1 aliphatic rings. The number of carbonyl (C=O) groups excluding carboxylic acids is 2. The van der Waals surface area contributed by atoms with Crippen LogP contribution in [-0.4, -0.2) is 43.0 Å². The zero-order valence-corrected chi connectivity index (χ0v) is 28.1. The summed E-state index contributed by atoms with van der Waals surface area (Å²) in [7, 11) is 0. The molecule has 9 nitrogen and oxygen atoms in total. The molecule has 236 valence electrons. The maximum Gasteiger partial charge on any atom is 0.301 e. The van der Waals surface area contributed by atoms with E-state index in [-0.39, 0.29) is 16.5 Å². The molecule has 3 aromatic heterocycles. The number of aliphatic hydroxyl groups excluding tert-OH is 1. The second-order valence-corrected chi connectivity index (χ2v) is 13.7. The number of anilines is 1. The second-order valence-electron chi connectivity index (χ2n) is 10.6. The summed E-state index contributed by atoms with van der Waals surface area (Å²) in [6.07, 6.45) is 4.76. The largest absolute Gasteiger partial charge is 0.505 e. The van der Waals surface area contributed by atoms with Crippen LogP contribution in [0.15, 0.2) is 76.8 Å². The Labute approximate surface area is 283 Å². The second kappa shape index (κ2) is 13.8. The molecule has 46 heavy (non-hydrogen) atoms. The Hall–Kier alpha value is -3.90. The van der Waals surface area contributed by atoms with Gasteiger partial charge in [-0.3, -0.25) is 18.9 Å². The van der Waals surface area contributed by atoms with Crippen molar-refractivity contribution in [1.29, 1.82) is 0 Å². The van der Waals surface area contributed by atoms with Gasteiger partial charge >= 0.3 is 5.91 Å². The summed E-state index contributed by atoms with van der Waals surface area (Å²) >= 11 is 15.0. The topological polar surface area (TPSA) is 110 Å². The van der Waals surface area contributed by atoms with Crippen LogP contribution in [0.5, 0.6) is 5.75 Å². The highest BCUT2D eigenvalue weighted by Gasteiger charge is 2.49. The van der Waals surface area contributed by atoms with E-state index in [1.54, 1.807) is 60.0 Å². The molecule has 4 heterocycles. The number of rotatable bonds is 11. The van der Waals surface area contributed by atoms with Crippen LogP contribution in [0.4, 0.5) is 5.13 Å². The van der Waals surface area contributed by atoms with E-state index in [9.17, 15) is 14.7 Å². The number of aliphatic hydroxyl groups is 1. The van der Waals surface area contributed by atoms with Gasteiger partial charge in [0.05, 0.1) is 23.9 Å². The third-order valence-electron chi connectivity index (χ3n) is 7.53. The van der Waals surface area contributed by atoms with Crippen LogP contribution in [0.2, 0.25) is 10.0 Å². The molecular weight excluding hydrogens is 665 g/mol. The van der Waals surface area contributed by atoms with E-state index in [1.165, 1.54) is 28.0 Å². The first-order valence-electron chi connectivity index (χ1n) is 14.6. The summed E-state index contributed by atoms with van der Waals surface area (Å²) in [4.78, 5) is 33.5. The van der Waals surface area contributed by atoms with Crippen LogP contribution in [0.3, 0.4) is 0 Å². The summed E-state index contributed by atoms with van der Waals surface area (Å²) in [6.45, 7) is 4.41. The van der Waals surface area contributed by atoms with Crippen molar-refractivity contribution in [2.75, 3.05) is 11.5 Å². The van der Waals surface area contributed by atoms with E-state index < -0.39 is 17.7 Å². The molecule has 1 fully saturated rings. The molecule has 0 bridgehead atoms. The lowest BCUT2D eigenvalue weighted by molar-refractivity contribution is -0.132. The SMILES string of the molecule is CCCCCOc1cccc(C2C(=C(O)c3c(C)nc4ccccn34)C(=O)C(=O)N2c2nnc(SCc3ccc(Cl)cc3Cl)s2)c1. The van der Waals surface area contributed by atoms with Crippen LogP contribution >= 0.6 is 46.3 Å². The van der Waals surface area contributed by atoms with Gasteiger partial charge in [-0.15, -0.1) is 10.2 Å². The number of aryl methyl sites for hydroxylation is 1. The Morgan fingerprint density at radius 1 is 1.07 bits per heavy atom. The Bertz CT molecular complexity index is 1970. The third-order valence-corrected chi connectivity index (χ3v) is 10.2. The van der Waals surface area contributed by atoms with E-state index in [4.69, 9.17) is 27.9 Å². The van der Waals surface area contributed by atoms with E-state index in [1.807, 2.05) is 18.2 Å². The van der Waals surface area contributed by atoms with Gasteiger partial charge in [-0.2, -0.15) is 0 Å². The average Bonchev–Trinajstić information content (AvgIpc) is 3.72. The van der Waals surface area contributed by atoms with Gasteiger partial charge in [-0.1, -0.05) is 90.3 Å². The van der Waals surface area contributed by atoms with Crippen LogP contribution in [0.25, 0.3) is 11.4 Å². The summed E-state index contributed by atoms with van der Waals surface area (Å²) in [5.41, 5.74) is 2.82. The molecule has 6 rings (SSSR count). The first kappa shape index (κ1) is 32.1. The summed E-state index contributed by atoms with van der Waals surface area (Å²) < 4.78 is 8.29.